The molecule has 9 heteroatoms. The standard InChI is InChI=1S/C10H10BrN5O3/c1-5-8(16(18)19)6(2)15(13-5)10(17)9-7(11)4-12-14(9)3/h4H,1-3H3. The minimum Gasteiger partial charge on any atom is -0.265 e. The molecule has 0 fully saturated rings. The van der Waals surface area contributed by atoms with E-state index in [1.165, 1.54) is 24.7 Å². The Balaban J connectivity index is 2.58. The summed E-state index contributed by atoms with van der Waals surface area (Å²) in [4.78, 5) is 22.7. The van der Waals surface area contributed by atoms with Crippen molar-refractivity contribution in [1.29, 1.82) is 0 Å². The molecule has 2 aromatic rings. The molecule has 0 N–H and O–H groups in total. The second kappa shape index (κ2) is 4.57. The number of carbonyl (C=O) groups is 1. The summed E-state index contributed by atoms with van der Waals surface area (Å²) in [5.41, 5.74) is 0.530. The van der Waals surface area contributed by atoms with Crippen LogP contribution in [0.2, 0.25) is 0 Å². The molecule has 0 amide bonds. The normalized spacial score (nSPS) is 10.7. The van der Waals surface area contributed by atoms with Crippen molar-refractivity contribution in [2.75, 3.05) is 0 Å². The van der Waals surface area contributed by atoms with Crippen LogP contribution in [0.25, 0.3) is 0 Å². The van der Waals surface area contributed by atoms with E-state index in [9.17, 15) is 14.9 Å². The SMILES string of the molecule is Cc1nn(C(=O)c2c(Br)cnn2C)c(C)c1[N+](=O)[O-]. The highest BCUT2D eigenvalue weighted by atomic mass is 79.9. The molecule has 0 spiro atoms. The number of hydrogen-bond acceptors (Lipinski definition) is 5. The van der Waals surface area contributed by atoms with Gasteiger partial charge in [0.25, 0.3) is 5.91 Å². The Morgan fingerprint density at radius 2 is 2.11 bits per heavy atom. The zero-order chi connectivity index (χ0) is 14.3. The zero-order valence-electron chi connectivity index (χ0n) is 10.4. The zero-order valence-corrected chi connectivity index (χ0v) is 12.0. The lowest BCUT2D eigenvalue weighted by Crippen LogP contribution is -2.19. The van der Waals surface area contributed by atoms with E-state index >= 15 is 0 Å². The lowest BCUT2D eigenvalue weighted by atomic mass is 10.3. The predicted molar refractivity (Wildman–Crippen MR) is 69.0 cm³/mol. The maximum atomic E-state index is 12.3. The van der Waals surface area contributed by atoms with E-state index in [0.717, 1.165) is 4.68 Å². The first-order chi connectivity index (χ1) is 8.84. The van der Waals surface area contributed by atoms with E-state index in [1.807, 2.05) is 0 Å². The van der Waals surface area contributed by atoms with E-state index in [1.54, 1.807) is 7.05 Å². The Bertz CT molecular complexity index is 668. The van der Waals surface area contributed by atoms with E-state index in [4.69, 9.17) is 0 Å². The molecule has 0 saturated carbocycles. The largest absolute Gasteiger partial charge is 0.313 e. The summed E-state index contributed by atoms with van der Waals surface area (Å²) in [5.74, 6) is -0.472. The number of aryl methyl sites for hydroxylation is 2. The van der Waals surface area contributed by atoms with Gasteiger partial charge in [0.2, 0.25) is 0 Å². The molecule has 0 aliphatic carbocycles. The highest BCUT2D eigenvalue weighted by molar-refractivity contribution is 9.10. The maximum absolute atomic E-state index is 12.3. The number of aromatic nitrogens is 4. The lowest BCUT2D eigenvalue weighted by Gasteiger charge is -2.03. The topological polar surface area (TPSA) is 95.8 Å². The number of rotatable bonds is 2. The first kappa shape index (κ1) is 13.4. The number of halogens is 1. The van der Waals surface area contributed by atoms with Gasteiger partial charge in [-0.05, 0) is 29.8 Å². The fraction of sp³-hybridized carbons (Fsp3) is 0.300. The average Bonchev–Trinajstić information content (AvgIpc) is 2.79. The quantitative estimate of drug-likeness (QED) is 0.616. The van der Waals surface area contributed by atoms with Gasteiger partial charge in [-0.25, -0.2) is 0 Å². The van der Waals surface area contributed by atoms with Crippen molar-refractivity contribution in [1.82, 2.24) is 19.6 Å². The van der Waals surface area contributed by atoms with E-state index in [2.05, 4.69) is 26.1 Å². The molecule has 2 heterocycles. The van der Waals surface area contributed by atoms with Gasteiger partial charge in [-0.2, -0.15) is 14.9 Å². The Morgan fingerprint density at radius 1 is 1.47 bits per heavy atom. The van der Waals surface area contributed by atoms with Crippen molar-refractivity contribution in [2.45, 2.75) is 13.8 Å². The molecule has 19 heavy (non-hydrogen) atoms. The highest BCUT2D eigenvalue weighted by Gasteiger charge is 2.27. The molecule has 0 aliphatic heterocycles. The third-order valence-electron chi connectivity index (χ3n) is 2.72. The number of nitrogens with zero attached hydrogens (tertiary/aromatic N) is 5. The van der Waals surface area contributed by atoms with Gasteiger partial charge in [0.05, 0.1) is 15.6 Å². The van der Waals surface area contributed by atoms with Crippen molar-refractivity contribution in [3.05, 3.63) is 37.9 Å². The van der Waals surface area contributed by atoms with Gasteiger partial charge in [0.15, 0.2) is 0 Å². The Morgan fingerprint density at radius 3 is 2.53 bits per heavy atom. The molecule has 0 radical (unpaired) electrons. The van der Waals surface area contributed by atoms with Gasteiger partial charge in [0, 0.05) is 7.05 Å². The molecule has 0 atom stereocenters. The second-order valence-electron chi connectivity index (χ2n) is 3.96. The maximum Gasteiger partial charge on any atom is 0.313 e. The lowest BCUT2D eigenvalue weighted by molar-refractivity contribution is -0.386. The summed E-state index contributed by atoms with van der Waals surface area (Å²) < 4.78 is 2.92. The van der Waals surface area contributed by atoms with Crippen molar-refractivity contribution in [2.24, 2.45) is 7.05 Å². The highest BCUT2D eigenvalue weighted by Crippen LogP contribution is 2.24. The van der Waals surface area contributed by atoms with Gasteiger partial charge in [-0.15, -0.1) is 0 Å². The fourth-order valence-electron chi connectivity index (χ4n) is 1.85. The minimum absolute atomic E-state index is 0.147. The molecule has 8 nitrogen and oxygen atoms in total. The van der Waals surface area contributed by atoms with Crippen molar-refractivity contribution < 1.29 is 9.72 Å². The van der Waals surface area contributed by atoms with Gasteiger partial charge in [-0.3, -0.25) is 19.6 Å². The van der Waals surface area contributed by atoms with Crippen LogP contribution in [0.4, 0.5) is 5.69 Å². The smallest absolute Gasteiger partial charge is 0.265 e. The Hall–Kier alpha value is -2.03. The number of carbonyl (C=O) groups excluding carboxylic acids is 1. The average molecular weight is 328 g/mol. The van der Waals surface area contributed by atoms with Gasteiger partial charge < -0.3 is 0 Å². The van der Waals surface area contributed by atoms with E-state index in [-0.39, 0.29) is 22.8 Å². The molecule has 0 aromatic carbocycles. The van der Waals surface area contributed by atoms with Gasteiger partial charge in [0.1, 0.15) is 17.1 Å². The Kier molecular flexibility index (Phi) is 3.23. The summed E-state index contributed by atoms with van der Waals surface area (Å²) in [6.07, 6.45) is 1.48. The van der Waals surface area contributed by atoms with E-state index in [0.29, 0.717) is 4.47 Å². The van der Waals surface area contributed by atoms with Crippen LogP contribution in [-0.2, 0) is 7.05 Å². The number of nitro groups is 1. The molecular formula is C10H10BrN5O3. The summed E-state index contributed by atoms with van der Waals surface area (Å²) in [5, 5.41) is 18.8. The van der Waals surface area contributed by atoms with Crippen LogP contribution in [0.1, 0.15) is 21.9 Å². The molecule has 2 aromatic heterocycles. The van der Waals surface area contributed by atoms with Gasteiger partial charge in [-0.1, -0.05) is 0 Å². The second-order valence-corrected chi connectivity index (χ2v) is 4.81. The molecule has 0 saturated heterocycles. The summed E-state index contributed by atoms with van der Waals surface area (Å²) in [7, 11) is 1.61. The minimum atomic E-state index is -0.542. The van der Waals surface area contributed by atoms with Crippen LogP contribution in [0, 0.1) is 24.0 Å². The first-order valence-corrected chi connectivity index (χ1v) is 6.06. The predicted octanol–water partition coefficient (Wildman–Crippen LogP) is 1.59. The van der Waals surface area contributed by atoms with Crippen LogP contribution < -0.4 is 0 Å². The third kappa shape index (κ3) is 2.05. The van der Waals surface area contributed by atoms with Crippen LogP contribution in [0.3, 0.4) is 0 Å². The summed E-state index contributed by atoms with van der Waals surface area (Å²) in [6, 6.07) is 0. The third-order valence-corrected chi connectivity index (χ3v) is 3.31. The van der Waals surface area contributed by atoms with Crippen LogP contribution in [-0.4, -0.2) is 30.4 Å². The van der Waals surface area contributed by atoms with Crippen molar-refractivity contribution >= 4 is 27.5 Å². The first-order valence-electron chi connectivity index (χ1n) is 5.27. The number of hydrogen-bond donors (Lipinski definition) is 0. The molecule has 0 unspecified atom stereocenters. The molecule has 0 bridgehead atoms. The van der Waals surface area contributed by atoms with Crippen LogP contribution >= 0.6 is 15.9 Å². The molecular weight excluding hydrogens is 318 g/mol. The van der Waals surface area contributed by atoms with Crippen molar-refractivity contribution in [3.63, 3.8) is 0 Å². The fourth-order valence-corrected chi connectivity index (χ4v) is 2.37. The van der Waals surface area contributed by atoms with Crippen LogP contribution in [0.15, 0.2) is 10.7 Å². The monoisotopic (exact) mass is 327 g/mol. The summed E-state index contributed by atoms with van der Waals surface area (Å²) in [6.45, 7) is 2.98. The van der Waals surface area contributed by atoms with Crippen molar-refractivity contribution in [3.8, 4) is 0 Å². The van der Waals surface area contributed by atoms with E-state index < -0.39 is 10.8 Å². The summed E-state index contributed by atoms with van der Waals surface area (Å²) >= 11 is 3.21. The van der Waals surface area contributed by atoms with Crippen LogP contribution in [0.5, 0.6) is 0 Å². The molecule has 0 aliphatic rings. The molecule has 2 rings (SSSR count). The molecule has 100 valence electrons. The van der Waals surface area contributed by atoms with Gasteiger partial charge >= 0.3 is 5.69 Å². The Labute approximate surface area is 116 Å².